The van der Waals surface area contributed by atoms with Crippen LogP contribution in [0.5, 0.6) is 0 Å². The number of hydrogen-bond donors (Lipinski definition) is 3. The van der Waals surface area contributed by atoms with Gasteiger partial charge in [-0.15, -0.1) is 0 Å². The molecule has 6 heteroatoms. The van der Waals surface area contributed by atoms with Gasteiger partial charge in [-0.25, -0.2) is 4.79 Å². The minimum absolute atomic E-state index is 0.404. The Morgan fingerprint density at radius 3 is 2.62 bits per heavy atom. The molecule has 2 rings (SSSR count). The fourth-order valence-corrected chi connectivity index (χ4v) is 1.91. The van der Waals surface area contributed by atoms with Crippen molar-refractivity contribution in [2.24, 2.45) is 5.16 Å². The number of carbonyl (C=O) groups excluding carboxylic acids is 1. The lowest BCUT2D eigenvalue weighted by atomic mass is 10.1. The summed E-state index contributed by atoms with van der Waals surface area (Å²) < 4.78 is 0. The Morgan fingerprint density at radius 1 is 1.14 bits per heavy atom. The van der Waals surface area contributed by atoms with Gasteiger partial charge in [0.1, 0.15) is 0 Å². The molecular formula is C15H14ClN3O2. The molecule has 3 N–H and O–H groups in total. The minimum atomic E-state index is -0.404. The topological polar surface area (TPSA) is 73.7 Å². The van der Waals surface area contributed by atoms with Crippen LogP contribution < -0.4 is 10.6 Å². The zero-order valence-corrected chi connectivity index (χ0v) is 12.1. The summed E-state index contributed by atoms with van der Waals surface area (Å²) in [6.45, 7) is 1.67. The Bertz CT molecular complexity index is 686. The number of rotatable bonds is 3. The average Bonchev–Trinajstić information content (AvgIpc) is 2.49. The maximum absolute atomic E-state index is 11.9. The minimum Gasteiger partial charge on any atom is -0.411 e. The van der Waals surface area contributed by atoms with E-state index in [-0.39, 0.29) is 0 Å². The van der Waals surface area contributed by atoms with Crippen LogP contribution in [0.2, 0.25) is 5.02 Å². The number of nitrogens with zero attached hydrogens (tertiary/aromatic N) is 1. The van der Waals surface area contributed by atoms with Crippen molar-refractivity contribution in [3.05, 3.63) is 59.1 Å². The summed E-state index contributed by atoms with van der Waals surface area (Å²) >= 11 is 5.97. The first-order valence-corrected chi connectivity index (χ1v) is 6.59. The first kappa shape index (κ1) is 14.9. The number of para-hydroxylation sites is 1. The Hall–Kier alpha value is -2.53. The smallest absolute Gasteiger partial charge is 0.323 e. The van der Waals surface area contributed by atoms with Gasteiger partial charge in [0.25, 0.3) is 0 Å². The Balaban J connectivity index is 2.08. The van der Waals surface area contributed by atoms with E-state index in [9.17, 15) is 4.79 Å². The number of anilines is 2. The molecule has 0 saturated heterocycles. The van der Waals surface area contributed by atoms with Crippen molar-refractivity contribution in [1.82, 2.24) is 0 Å². The van der Waals surface area contributed by atoms with Crippen molar-refractivity contribution < 1.29 is 10.0 Å². The monoisotopic (exact) mass is 303 g/mol. The molecule has 21 heavy (non-hydrogen) atoms. The van der Waals surface area contributed by atoms with E-state index in [4.69, 9.17) is 16.8 Å². The molecule has 2 amide bonds. The third-order valence-electron chi connectivity index (χ3n) is 2.81. The summed E-state index contributed by atoms with van der Waals surface area (Å²) in [5.74, 6) is 0. The molecule has 0 fully saturated rings. The number of amides is 2. The molecule has 0 aliphatic rings. The van der Waals surface area contributed by atoms with E-state index in [2.05, 4.69) is 15.8 Å². The summed E-state index contributed by atoms with van der Waals surface area (Å²) in [6, 6.07) is 13.6. The zero-order chi connectivity index (χ0) is 15.2. The second kappa shape index (κ2) is 6.76. The standard InChI is InChI=1S/C15H14ClN3O2/c1-10(19-21)11-5-4-6-12(9-11)17-15(20)18-14-8-3-2-7-13(14)16/h2-9,21H,1H3,(H2,17,18,20)/b19-10+. The van der Waals surface area contributed by atoms with Gasteiger partial charge in [0.2, 0.25) is 0 Å². The van der Waals surface area contributed by atoms with Crippen LogP contribution in [0, 0.1) is 0 Å². The van der Waals surface area contributed by atoms with E-state index < -0.39 is 6.03 Å². The Labute approximate surface area is 127 Å². The SMILES string of the molecule is C/C(=N\O)c1cccc(NC(=O)Nc2ccccc2Cl)c1. The van der Waals surface area contributed by atoms with Gasteiger partial charge in [-0.1, -0.05) is 41.0 Å². The highest BCUT2D eigenvalue weighted by molar-refractivity contribution is 6.33. The van der Waals surface area contributed by atoms with Gasteiger partial charge in [-0.05, 0) is 31.2 Å². The van der Waals surface area contributed by atoms with Crippen LogP contribution in [0.25, 0.3) is 0 Å². The number of hydrogen-bond acceptors (Lipinski definition) is 3. The normalized spacial score (nSPS) is 11.0. The molecule has 5 nitrogen and oxygen atoms in total. The van der Waals surface area contributed by atoms with Crippen LogP contribution in [0.3, 0.4) is 0 Å². The van der Waals surface area contributed by atoms with Gasteiger partial charge in [0, 0.05) is 11.3 Å². The average molecular weight is 304 g/mol. The summed E-state index contributed by atoms with van der Waals surface area (Å²) in [4.78, 5) is 11.9. The van der Waals surface area contributed by atoms with Gasteiger partial charge in [0.05, 0.1) is 16.4 Å². The van der Waals surface area contributed by atoms with Crippen LogP contribution in [0.1, 0.15) is 12.5 Å². The molecule has 0 spiro atoms. The number of urea groups is 1. The molecule has 0 aromatic heterocycles. The first-order valence-electron chi connectivity index (χ1n) is 6.22. The van der Waals surface area contributed by atoms with Gasteiger partial charge in [-0.2, -0.15) is 0 Å². The fraction of sp³-hybridized carbons (Fsp3) is 0.0667. The molecule has 0 bridgehead atoms. The Morgan fingerprint density at radius 2 is 1.90 bits per heavy atom. The number of carbonyl (C=O) groups is 1. The molecular weight excluding hydrogens is 290 g/mol. The highest BCUT2D eigenvalue weighted by Crippen LogP contribution is 2.20. The molecule has 0 aliphatic carbocycles. The maximum atomic E-state index is 11.9. The van der Waals surface area contributed by atoms with Crippen LogP contribution >= 0.6 is 11.6 Å². The molecule has 2 aromatic carbocycles. The molecule has 108 valence electrons. The molecule has 0 radical (unpaired) electrons. The first-order chi connectivity index (χ1) is 10.1. The number of halogens is 1. The second-order valence-electron chi connectivity index (χ2n) is 4.33. The predicted octanol–water partition coefficient (Wildman–Crippen LogP) is 4.18. The largest absolute Gasteiger partial charge is 0.411 e. The van der Waals surface area contributed by atoms with E-state index in [0.29, 0.717) is 27.7 Å². The zero-order valence-electron chi connectivity index (χ0n) is 11.3. The summed E-state index contributed by atoms with van der Waals surface area (Å²) in [6.07, 6.45) is 0. The molecule has 0 unspecified atom stereocenters. The third kappa shape index (κ3) is 3.97. The number of nitrogens with one attached hydrogen (secondary N) is 2. The van der Waals surface area contributed by atoms with Gasteiger partial charge in [0.15, 0.2) is 0 Å². The van der Waals surface area contributed by atoms with E-state index in [1.54, 1.807) is 55.5 Å². The lowest BCUT2D eigenvalue weighted by Gasteiger charge is -2.09. The fourth-order valence-electron chi connectivity index (χ4n) is 1.73. The molecule has 2 aromatic rings. The summed E-state index contributed by atoms with van der Waals surface area (Å²) in [5.41, 5.74) is 2.29. The van der Waals surface area contributed by atoms with Crippen molar-refractivity contribution in [2.75, 3.05) is 10.6 Å². The maximum Gasteiger partial charge on any atom is 0.323 e. The van der Waals surface area contributed by atoms with Crippen molar-refractivity contribution in [3.63, 3.8) is 0 Å². The molecule has 0 saturated carbocycles. The van der Waals surface area contributed by atoms with Crippen molar-refractivity contribution >= 4 is 34.7 Å². The Kier molecular flexibility index (Phi) is 4.79. The molecule has 0 atom stereocenters. The van der Waals surface area contributed by atoms with Gasteiger partial charge < -0.3 is 15.8 Å². The highest BCUT2D eigenvalue weighted by atomic mass is 35.5. The van der Waals surface area contributed by atoms with Gasteiger partial charge >= 0.3 is 6.03 Å². The third-order valence-corrected chi connectivity index (χ3v) is 3.14. The van der Waals surface area contributed by atoms with Gasteiger partial charge in [-0.3, -0.25) is 0 Å². The lowest BCUT2D eigenvalue weighted by Crippen LogP contribution is -2.19. The quantitative estimate of drug-likeness (QED) is 0.452. The number of oxime groups is 1. The van der Waals surface area contributed by atoms with E-state index in [0.717, 1.165) is 0 Å². The second-order valence-corrected chi connectivity index (χ2v) is 4.73. The van der Waals surface area contributed by atoms with Crippen molar-refractivity contribution in [2.45, 2.75) is 6.92 Å². The predicted molar refractivity (Wildman–Crippen MR) is 84.5 cm³/mol. The lowest BCUT2D eigenvalue weighted by molar-refractivity contribution is 0.262. The van der Waals surface area contributed by atoms with Crippen molar-refractivity contribution in [1.29, 1.82) is 0 Å². The molecule has 0 heterocycles. The van der Waals surface area contributed by atoms with Crippen LogP contribution in [0.4, 0.5) is 16.2 Å². The van der Waals surface area contributed by atoms with Crippen LogP contribution in [0.15, 0.2) is 53.7 Å². The van der Waals surface area contributed by atoms with Crippen LogP contribution in [-0.4, -0.2) is 17.0 Å². The number of benzene rings is 2. The van der Waals surface area contributed by atoms with Crippen molar-refractivity contribution in [3.8, 4) is 0 Å². The van der Waals surface area contributed by atoms with E-state index in [1.165, 1.54) is 0 Å². The van der Waals surface area contributed by atoms with Crippen LogP contribution in [-0.2, 0) is 0 Å². The van der Waals surface area contributed by atoms with E-state index >= 15 is 0 Å². The van der Waals surface area contributed by atoms with E-state index in [1.807, 2.05) is 0 Å². The molecule has 0 aliphatic heterocycles. The summed E-state index contributed by atoms with van der Waals surface area (Å²) in [7, 11) is 0. The summed E-state index contributed by atoms with van der Waals surface area (Å²) in [5, 5.41) is 17.7. The highest BCUT2D eigenvalue weighted by Gasteiger charge is 2.06.